The molecular formula is C12H13FN2OS. The average Bonchev–Trinajstić information content (AvgIpc) is 2.80. The lowest BCUT2D eigenvalue weighted by atomic mass is 10.1. The van der Waals surface area contributed by atoms with E-state index in [1.165, 1.54) is 23.5 Å². The summed E-state index contributed by atoms with van der Waals surface area (Å²) in [5.41, 5.74) is 9.04. The van der Waals surface area contributed by atoms with Crippen LogP contribution in [0.3, 0.4) is 0 Å². The standard InChI is InChI=1S/C12H13FN2OS/c1-8(14)11-4-9(13)2-3-12(11)16-5-10-6-17-7-15-10/h2-4,6-8H,5,14H2,1H3/t8-/m1/s1. The van der Waals surface area contributed by atoms with Crippen LogP contribution in [0, 0.1) is 5.82 Å². The number of hydrogen-bond acceptors (Lipinski definition) is 4. The minimum absolute atomic E-state index is 0.267. The Labute approximate surface area is 103 Å². The van der Waals surface area contributed by atoms with E-state index in [4.69, 9.17) is 10.5 Å². The summed E-state index contributed by atoms with van der Waals surface area (Å²) in [5, 5.41) is 1.91. The smallest absolute Gasteiger partial charge is 0.131 e. The van der Waals surface area contributed by atoms with Gasteiger partial charge in [0.15, 0.2) is 0 Å². The lowest BCUT2D eigenvalue weighted by Crippen LogP contribution is -2.08. The average molecular weight is 252 g/mol. The van der Waals surface area contributed by atoms with Crippen LogP contribution in [0.1, 0.15) is 24.2 Å². The van der Waals surface area contributed by atoms with Crippen molar-refractivity contribution >= 4 is 11.3 Å². The van der Waals surface area contributed by atoms with Gasteiger partial charge in [-0.3, -0.25) is 0 Å². The summed E-state index contributed by atoms with van der Waals surface area (Å²) < 4.78 is 18.7. The fourth-order valence-corrected chi connectivity index (χ4v) is 2.01. The van der Waals surface area contributed by atoms with Gasteiger partial charge >= 0.3 is 0 Å². The first-order chi connectivity index (χ1) is 8.16. The molecule has 0 aliphatic carbocycles. The molecule has 90 valence electrons. The third kappa shape index (κ3) is 3.01. The molecule has 0 unspecified atom stereocenters. The zero-order chi connectivity index (χ0) is 12.3. The molecule has 2 rings (SSSR count). The quantitative estimate of drug-likeness (QED) is 0.910. The Morgan fingerprint density at radius 2 is 2.35 bits per heavy atom. The maximum Gasteiger partial charge on any atom is 0.131 e. The van der Waals surface area contributed by atoms with Gasteiger partial charge in [-0.25, -0.2) is 9.37 Å². The highest BCUT2D eigenvalue weighted by Gasteiger charge is 2.10. The molecule has 0 aliphatic heterocycles. The third-order valence-electron chi connectivity index (χ3n) is 2.32. The fourth-order valence-electron chi connectivity index (χ4n) is 1.47. The van der Waals surface area contributed by atoms with Gasteiger partial charge < -0.3 is 10.5 Å². The monoisotopic (exact) mass is 252 g/mol. The predicted molar refractivity (Wildman–Crippen MR) is 65.4 cm³/mol. The summed E-state index contributed by atoms with van der Waals surface area (Å²) in [7, 11) is 0. The van der Waals surface area contributed by atoms with Gasteiger partial charge in [0.2, 0.25) is 0 Å². The zero-order valence-electron chi connectivity index (χ0n) is 9.39. The molecule has 1 aromatic heterocycles. The topological polar surface area (TPSA) is 48.1 Å². The van der Waals surface area contributed by atoms with Crippen LogP contribution in [0.5, 0.6) is 5.75 Å². The largest absolute Gasteiger partial charge is 0.487 e. The summed E-state index contributed by atoms with van der Waals surface area (Å²) in [4.78, 5) is 4.11. The van der Waals surface area contributed by atoms with Gasteiger partial charge in [-0.2, -0.15) is 0 Å². The van der Waals surface area contributed by atoms with Crippen LogP contribution in [0.15, 0.2) is 29.1 Å². The first-order valence-corrected chi connectivity index (χ1v) is 6.16. The van der Waals surface area contributed by atoms with E-state index >= 15 is 0 Å². The van der Waals surface area contributed by atoms with Crippen molar-refractivity contribution in [3.8, 4) is 5.75 Å². The van der Waals surface area contributed by atoms with Crippen LogP contribution < -0.4 is 10.5 Å². The molecule has 2 N–H and O–H groups in total. The van der Waals surface area contributed by atoms with E-state index in [0.29, 0.717) is 17.9 Å². The maximum absolute atomic E-state index is 13.1. The highest BCUT2D eigenvalue weighted by Crippen LogP contribution is 2.25. The Balaban J connectivity index is 2.14. The van der Waals surface area contributed by atoms with Crippen LogP contribution in [-0.2, 0) is 6.61 Å². The van der Waals surface area contributed by atoms with E-state index in [1.54, 1.807) is 18.5 Å². The SMILES string of the molecule is C[C@@H](N)c1cc(F)ccc1OCc1cscn1. The molecule has 0 fully saturated rings. The van der Waals surface area contributed by atoms with Crippen molar-refractivity contribution in [1.29, 1.82) is 0 Å². The van der Waals surface area contributed by atoms with Crippen molar-refractivity contribution in [2.45, 2.75) is 19.6 Å². The molecule has 1 heterocycles. The van der Waals surface area contributed by atoms with Gasteiger partial charge in [0.1, 0.15) is 18.2 Å². The highest BCUT2D eigenvalue weighted by molar-refractivity contribution is 7.07. The molecule has 0 aliphatic rings. The number of rotatable bonds is 4. The molecule has 0 radical (unpaired) electrons. The van der Waals surface area contributed by atoms with E-state index in [0.717, 1.165) is 5.69 Å². The van der Waals surface area contributed by atoms with E-state index in [-0.39, 0.29) is 11.9 Å². The van der Waals surface area contributed by atoms with Gasteiger partial charge in [-0.1, -0.05) is 0 Å². The van der Waals surface area contributed by atoms with E-state index < -0.39 is 0 Å². The van der Waals surface area contributed by atoms with Crippen LogP contribution in [0.2, 0.25) is 0 Å². The summed E-state index contributed by atoms with van der Waals surface area (Å²) >= 11 is 1.51. The Kier molecular flexibility index (Phi) is 3.71. The molecule has 17 heavy (non-hydrogen) atoms. The third-order valence-corrected chi connectivity index (χ3v) is 2.96. The van der Waals surface area contributed by atoms with E-state index in [2.05, 4.69) is 4.98 Å². The number of hydrogen-bond donors (Lipinski definition) is 1. The van der Waals surface area contributed by atoms with Crippen LogP contribution >= 0.6 is 11.3 Å². The van der Waals surface area contributed by atoms with Crippen LogP contribution in [0.4, 0.5) is 4.39 Å². The minimum Gasteiger partial charge on any atom is -0.487 e. The molecule has 0 amide bonds. The molecule has 1 atom stereocenters. The number of halogens is 1. The molecule has 5 heteroatoms. The van der Waals surface area contributed by atoms with Crippen molar-refractivity contribution in [3.05, 3.63) is 46.2 Å². The summed E-state index contributed by atoms with van der Waals surface area (Å²) in [6.45, 7) is 2.17. The lowest BCUT2D eigenvalue weighted by Gasteiger charge is -2.13. The molecule has 1 aromatic carbocycles. The van der Waals surface area contributed by atoms with Crippen molar-refractivity contribution in [3.63, 3.8) is 0 Å². The maximum atomic E-state index is 13.1. The molecule has 2 aromatic rings. The first-order valence-electron chi connectivity index (χ1n) is 5.21. The van der Waals surface area contributed by atoms with Crippen molar-refractivity contribution in [2.75, 3.05) is 0 Å². The highest BCUT2D eigenvalue weighted by atomic mass is 32.1. The minimum atomic E-state index is -0.307. The second-order valence-electron chi connectivity index (χ2n) is 3.74. The molecule has 0 saturated heterocycles. The van der Waals surface area contributed by atoms with E-state index in [9.17, 15) is 4.39 Å². The van der Waals surface area contributed by atoms with E-state index in [1.807, 2.05) is 5.38 Å². The van der Waals surface area contributed by atoms with Gasteiger partial charge in [0, 0.05) is 17.0 Å². The number of aromatic nitrogens is 1. The summed E-state index contributed by atoms with van der Waals surface area (Å²) in [6.07, 6.45) is 0. The van der Waals surface area contributed by atoms with Crippen molar-refractivity contribution < 1.29 is 9.13 Å². The van der Waals surface area contributed by atoms with Crippen LogP contribution in [-0.4, -0.2) is 4.98 Å². The number of nitrogens with two attached hydrogens (primary N) is 1. The normalized spacial score (nSPS) is 12.4. The Hall–Kier alpha value is -1.46. The Morgan fingerprint density at radius 3 is 3.00 bits per heavy atom. The molecular weight excluding hydrogens is 239 g/mol. The van der Waals surface area contributed by atoms with Gasteiger partial charge in [-0.15, -0.1) is 11.3 Å². The number of benzene rings is 1. The lowest BCUT2D eigenvalue weighted by molar-refractivity contribution is 0.297. The molecule has 0 spiro atoms. The summed E-state index contributed by atoms with van der Waals surface area (Å²) in [5.74, 6) is 0.299. The van der Waals surface area contributed by atoms with Gasteiger partial charge in [0.05, 0.1) is 11.2 Å². The van der Waals surface area contributed by atoms with Crippen molar-refractivity contribution in [1.82, 2.24) is 4.98 Å². The van der Waals surface area contributed by atoms with Crippen LogP contribution in [0.25, 0.3) is 0 Å². The van der Waals surface area contributed by atoms with Gasteiger partial charge in [0.25, 0.3) is 0 Å². The Bertz CT molecular complexity index is 485. The molecule has 0 saturated carbocycles. The van der Waals surface area contributed by atoms with Gasteiger partial charge in [-0.05, 0) is 25.1 Å². The number of thiazole rings is 1. The first kappa shape index (κ1) is 12.0. The number of nitrogens with zero attached hydrogens (tertiary/aromatic N) is 1. The predicted octanol–water partition coefficient (Wildman–Crippen LogP) is 2.88. The number of ether oxygens (including phenoxy) is 1. The second kappa shape index (κ2) is 5.25. The Morgan fingerprint density at radius 1 is 1.53 bits per heavy atom. The zero-order valence-corrected chi connectivity index (χ0v) is 10.2. The fraction of sp³-hybridized carbons (Fsp3) is 0.250. The molecule has 0 bridgehead atoms. The summed E-state index contributed by atoms with van der Waals surface area (Å²) in [6, 6.07) is 4.10. The second-order valence-corrected chi connectivity index (χ2v) is 4.46. The van der Waals surface area contributed by atoms with Crippen molar-refractivity contribution in [2.24, 2.45) is 5.73 Å². The molecule has 3 nitrogen and oxygen atoms in total.